The van der Waals surface area contributed by atoms with Crippen molar-refractivity contribution in [2.45, 2.75) is 32.0 Å². The highest BCUT2D eigenvalue weighted by Gasteiger charge is 2.65. The normalized spacial score (nSPS) is 31.4. The van der Waals surface area contributed by atoms with Gasteiger partial charge in [-0.3, -0.25) is 9.59 Å². The first-order chi connectivity index (χ1) is 10.0. The van der Waals surface area contributed by atoms with Gasteiger partial charge in [0.25, 0.3) is 0 Å². The van der Waals surface area contributed by atoms with E-state index in [0.29, 0.717) is 24.3 Å². The molecular formula is C16H18O5. The number of ether oxygens (including phenoxy) is 3. The zero-order chi connectivity index (χ0) is 15.1. The van der Waals surface area contributed by atoms with Crippen LogP contribution in [0.15, 0.2) is 24.3 Å². The van der Waals surface area contributed by atoms with Gasteiger partial charge in [0, 0.05) is 6.42 Å². The van der Waals surface area contributed by atoms with Gasteiger partial charge in [0.15, 0.2) is 11.2 Å². The van der Waals surface area contributed by atoms with Gasteiger partial charge in [-0.05, 0) is 31.9 Å². The minimum absolute atomic E-state index is 0.307. The molecule has 2 aliphatic heterocycles. The molecule has 0 radical (unpaired) electrons. The molecule has 21 heavy (non-hydrogen) atoms. The average molecular weight is 290 g/mol. The van der Waals surface area contributed by atoms with E-state index in [-0.39, 0.29) is 5.78 Å². The molecule has 112 valence electrons. The van der Waals surface area contributed by atoms with Crippen LogP contribution in [0.4, 0.5) is 0 Å². The molecule has 1 aromatic carbocycles. The second-order valence-corrected chi connectivity index (χ2v) is 5.60. The largest absolute Gasteiger partial charge is 0.468 e. The van der Waals surface area contributed by atoms with Crippen LogP contribution in [0.3, 0.4) is 0 Å². The van der Waals surface area contributed by atoms with Gasteiger partial charge in [0.2, 0.25) is 5.79 Å². The molecule has 0 bridgehead atoms. The van der Waals surface area contributed by atoms with Crippen molar-refractivity contribution < 1.29 is 23.8 Å². The van der Waals surface area contributed by atoms with Gasteiger partial charge in [0.1, 0.15) is 5.75 Å². The van der Waals surface area contributed by atoms with Gasteiger partial charge in [-0.2, -0.15) is 0 Å². The van der Waals surface area contributed by atoms with Crippen LogP contribution in [0.2, 0.25) is 0 Å². The molecule has 5 heteroatoms. The zero-order valence-corrected chi connectivity index (χ0v) is 12.2. The van der Waals surface area contributed by atoms with E-state index in [2.05, 4.69) is 0 Å². The lowest BCUT2D eigenvalue weighted by Crippen LogP contribution is -2.64. The smallest absolute Gasteiger partial charge is 0.326 e. The summed E-state index contributed by atoms with van der Waals surface area (Å²) < 4.78 is 16.7. The fraction of sp³-hybridized carbons (Fsp3) is 0.500. The molecule has 1 fully saturated rings. The molecule has 1 spiro atoms. The molecular weight excluding hydrogens is 272 g/mol. The van der Waals surface area contributed by atoms with Gasteiger partial charge in [-0.25, -0.2) is 0 Å². The van der Waals surface area contributed by atoms with Gasteiger partial charge >= 0.3 is 5.97 Å². The number of carbonyl (C=O) groups is 2. The summed E-state index contributed by atoms with van der Waals surface area (Å²) >= 11 is 0. The van der Waals surface area contributed by atoms with E-state index in [1.165, 1.54) is 7.11 Å². The third kappa shape index (κ3) is 1.80. The van der Waals surface area contributed by atoms with Crippen molar-refractivity contribution in [3.05, 3.63) is 29.8 Å². The lowest BCUT2D eigenvalue weighted by atomic mass is 9.70. The van der Waals surface area contributed by atoms with Crippen molar-refractivity contribution in [2.75, 3.05) is 13.7 Å². The Bertz CT molecular complexity index is 588. The minimum Gasteiger partial charge on any atom is -0.468 e. The number of ketones is 1. The lowest BCUT2D eigenvalue weighted by molar-refractivity contribution is -0.260. The number of esters is 1. The highest BCUT2D eigenvalue weighted by molar-refractivity contribution is 6.15. The number of methoxy groups -OCH3 is 1. The molecule has 0 aromatic heterocycles. The molecule has 1 aromatic rings. The Kier molecular flexibility index (Phi) is 3.24. The van der Waals surface area contributed by atoms with E-state index in [0.717, 1.165) is 12.8 Å². The van der Waals surface area contributed by atoms with Crippen LogP contribution in [0.5, 0.6) is 5.75 Å². The summed E-state index contributed by atoms with van der Waals surface area (Å²) in [5, 5.41) is 0. The summed E-state index contributed by atoms with van der Waals surface area (Å²) in [4.78, 5) is 25.3. The predicted molar refractivity (Wildman–Crippen MR) is 74.1 cm³/mol. The van der Waals surface area contributed by atoms with Crippen molar-refractivity contribution in [3.63, 3.8) is 0 Å². The van der Waals surface area contributed by atoms with Gasteiger partial charge in [-0.1, -0.05) is 12.1 Å². The van der Waals surface area contributed by atoms with E-state index in [1.807, 2.05) is 0 Å². The number of hydrogen-bond acceptors (Lipinski definition) is 5. The Labute approximate surface area is 123 Å². The molecule has 2 aliphatic rings. The first-order valence-electron chi connectivity index (χ1n) is 7.10. The van der Waals surface area contributed by atoms with Crippen LogP contribution in [0, 0.1) is 5.41 Å². The summed E-state index contributed by atoms with van der Waals surface area (Å²) in [6, 6.07) is 6.93. The van der Waals surface area contributed by atoms with Crippen LogP contribution in [-0.2, 0) is 14.3 Å². The fourth-order valence-corrected chi connectivity index (χ4v) is 3.16. The van der Waals surface area contributed by atoms with E-state index < -0.39 is 17.2 Å². The van der Waals surface area contributed by atoms with Crippen LogP contribution >= 0.6 is 0 Å². The lowest BCUT2D eigenvalue weighted by Gasteiger charge is -2.49. The molecule has 3 rings (SSSR count). The van der Waals surface area contributed by atoms with Crippen LogP contribution < -0.4 is 4.74 Å². The highest BCUT2D eigenvalue weighted by Crippen LogP contribution is 2.50. The Morgan fingerprint density at radius 3 is 2.71 bits per heavy atom. The number of rotatable bonds is 1. The molecule has 0 N–H and O–H groups in total. The minimum atomic E-state index is -1.49. The third-order valence-corrected chi connectivity index (χ3v) is 4.45. The first-order valence-corrected chi connectivity index (χ1v) is 7.10. The molecule has 2 atom stereocenters. The number of para-hydroxylation sites is 1. The topological polar surface area (TPSA) is 61.8 Å². The summed E-state index contributed by atoms with van der Waals surface area (Å²) in [5.41, 5.74) is -1.10. The summed E-state index contributed by atoms with van der Waals surface area (Å²) in [5.74, 6) is -1.74. The number of Topliss-reactive ketones (excluding diaryl/α,β-unsaturated/α-hetero) is 1. The maximum absolute atomic E-state index is 13.0. The third-order valence-electron chi connectivity index (χ3n) is 4.45. The van der Waals surface area contributed by atoms with Gasteiger partial charge in [0.05, 0.1) is 19.3 Å². The Balaban J connectivity index is 2.18. The van der Waals surface area contributed by atoms with E-state index in [4.69, 9.17) is 14.2 Å². The maximum Gasteiger partial charge on any atom is 0.326 e. The second-order valence-electron chi connectivity index (χ2n) is 5.60. The summed E-state index contributed by atoms with van der Waals surface area (Å²) in [6.07, 6.45) is 2.21. The van der Waals surface area contributed by atoms with Crippen molar-refractivity contribution in [1.82, 2.24) is 0 Å². The van der Waals surface area contributed by atoms with Crippen molar-refractivity contribution >= 4 is 11.8 Å². The molecule has 5 nitrogen and oxygen atoms in total. The molecule has 2 heterocycles. The van der Waals surface area contributed by atoms with Crippen molar-refractivity contribution in [1.29, 1.82) is 0 Å². The maximum atomic E-state index is 13.0. The molecule has 1 saturated heterocycles. The summed E-state index contributed by atoms with van der Waals surface area (Å²) in [6.45, 7) is 2.02. The fourth-order valence-electron chi connectivity index (χ4n) is 3.16. The van der Waals surface area contributed by atoms with Crippen molar-refractivity contribution in [2.24, 2.45) is 5.41 Å². The van der Waals surface area contributed by atoms with Crippen LogP contribution in [-0.4, -0.2) is 31.3 Å². The first kappa shape index (κ1) is 14.1. The molecule has 0 amide bonds. The molecule has 0 unspecified atom stereocenters. The van der Waals surface area contributed by atoms with Crippen LogP contribution in [0.1, 0.15) is 36.5 Å². The monoisotopic (exact) mass is 290 g/mol. The number of fused-ring (bicyclic) bond motifs is 1. The second kappa shape index (κ2) is 4.84. The van der Waals surface area contributed by atoms with Crippen molar-refractivity contribution in [3.8, 4) is 5.75 Å². The predicted octanol–water partition coefficient (Wildman–Crippen LogP) is 2.34. The van der Waals surface area contributed by atoms with E-state index in [9.17, 15) is 9.59 Å². The Morgan fingerprint density at radius 2 is 2.05 bits per heavy atom. The SMILES string of the molecule is COC(=O)[C@]1(C)C(=O)c2ccccc2O[C@@]12CCCCO2. The standard InChI is InChI=1S/C16H18O5/c1-15(14(18)19-2)13(17)11-7-3-4-8-12(11)21-16(15)9-5-6-10-20-16/h3-4,7-8H,5-6,9-10H2,1-2H3/t15-,16-/m0/s1. The van der Waals surface area contributed by atoms with Crippen LogP contribution in [0.25, 0.3) is 0 Å². The molecule has 0 saturated carbocycles. The average Bonchev–Trinajstić information content (AvgIpc) is 2.53. The van der Waals surface area contributed by atoms with Gasteiger partial charge in [-0.15, -0.1) is 0 Å². The van der Waals surface area contributed by atoms with E-state index >= 15 is 0 Å². The van der Waals surface area contributed by atoms with Gasteiger partial charge < -0.3 is 14.2 Å². The summed E-state index contributed by atoms with van der Waals surface area (Å²) in [7, 11) is 1.28. The zero-order valence-electron chi connectivity index (χ0n) is 12.2. The molecule has 0 aliphatic carbocycles. The number of hydrogen-bond donors (Lipinski definition) is 0. The quantitative estimate of drug-likeness (QED) is 0.587. The highest BCUT2D eigenvalue weighted by atomic mass is 16.7. The van der Waals surface area contributed by atoms with E-state index in [1.54, 1.807) is 31.2 Å². The Morgan fingerprint density at radius 1 is 1.29 bits per heavy atom. The Hall–Kier alpha value is -1.88. The number of carbonyl (C=O) groups excluding carboxylic acids is 2. The number of benzene rings is 1.